The number of hydrogen-bond donors (Lipinski definition) is 2. The summed E-state index contributed by atoms with van der Waals surface area (Å²) in [6.07, 6.45) is 0. The number of hydrogen-bond acceptors (Lipinski definition) is 4. The lowest BCUT2D eigenvalue weighted by atomic mass is 10.2. The lowest BCUT2D eigenvalue weighted by molar-refractivity contribution is 0.0106. The van der Waals surface area contributed by atoms with Gasteiger partial charge in [0.25, 0.3) is 0 Å². The number of phenols is 1. The number of nitrogens with one attached hydrogen (secondary N) is 1. The average molecular weight is 208 g/mol. The molecule has 1 aromatic carbocycles. The van der Waals surface area contributed by atoms with Gasteiger partial charge in [0, 0.05) is 19.6 Å². The van der Waals surface area contributed by atoms with Crippen LogP contribution >= 0.6 is 0 Å². The van der Waals surface area contributed by atoms with Gasteiger partial charge < -0.3 is 9.84 Å². The highest BCUT2D eigenvalue weighted by molar-refractivity contribution is 5.25. The minimum absolute atomic E-state index is 0.310. The fraction of sp³-hybridized carbons (Fsp3) is 0.455. The Bertz CT molecular complexity index is 294. The van der Waals surface area contributed by atoms with E-state index in [1.54, 1.807) is 12.1 Å². The smallest absolute Gasteiger partial charge is 0.115 e. The van der Waals surface area contributed by atoms with Gasteiger partial charge in [0.05, 0.1) is 13.2 Å². The highest BCUT2D eigenvalue weighted by Gasteiger charge is 2.08. The van der Waals surface area contributed by atoms with Crippen molar-refractivity contribution in [2.24, 2.45) is 0 Å². The molecule has 1 aromatic rings. The summed E-state index contributed by atoms with van der Waals surface area (Å²) in [4.78, 5) is 0. The van der Waals surface area contributed by atoms with Crippen molar-refractivity contribution in [3.05, 3.63) is 29.8 Å². The molecule has 4 nitrogen and oxygen atoms in total. The second kappa shape index (κ2) is 5.11. The minimum atomic E-state index is 0.310. The number of aromatic hydroxyl groups is 1. The standard InChI is InChI=1S/C11H16N2O2/c14-11-3-1-10(2-4-11)9-12-13-5-7-15-8-6-13/h1-4,12,14H,5-9H2. The van der Waals surface area contributed by atoms with Gasteiger partial charge in [0.2, 0.25) is 0 Å². The van der Waals surface area contributed by atoms with Crippen molar-refractivity contribution in [1.82, 2.24) is 10.4 Å². The Hall–Kier alpha value is -1.10. The third-order valence-electron chi connectivity index (χ3n) is 2.45. The molecule has 2 N–H and O–H groups in total. The van der Waals surface area contributed by atoms with Crippen LogP contribution in [0.1, 0.15) is 5.56 Å². The molecule has 0 bridgehead atoms. The van der Waals surface area contributed by atoms with Crippen molar-refractivity contribution in [3.8, 4) is 5.75 Å². The van der Waals surface area contributed by atoms with Gasteiger partial charge in [0.1, 0.15) is 5.75 Å². The predicted molar refractivity (Wildman–Crippen MR) is 57.3 cm³/mol. The third-order valence-corrected chi connectivity index (χ3v) is 2.45. The van der Waals surface area contributed by atoms with E-state index in [1.165, 1.54) is 5.56 Å². The zero-order valence-electron chi connectivity index (χ0n) is 8.65. The molecular weight excluding hydrogens is 192 g/mol. The first kappa shape index (κ1) is 10.4. The van der Waals surface area contributed by atoms with E-state index in [0.717, 1.165) is 32.8 Å². The summed E-state index contributed by atoms with van der Waals surface area (Å²) in [5, 5.41) is 11.3. The normalized spacial score (nSPS) is 17.9. The molecule has 2 rings (SSSR count). The summed E-state index contributed by atoms with van der Waals surface area (Å²) in [6, 6.07) is 7.25. The van der Waals surface area contributed by atoms with Crippen molar-refractivity contribution in [2.75, 3.05) is 26.3 Å². The first-order valence-corrected chi connectivity index (χ1v) is 5.19. The van der Waals surface area contributed by atoms with E-state index in [9.17, 15) is 0 Å². The van der Waals surface area contributed by atoms with Gasteiger partial charge >= 0.3 is 0 Å². The van der Waals surface area contributed by atoms with Crippen molar-refractivity contribution < 1.29 is 9.84 Å². The fourth-order valence-electron chi connectivity index (χ4n) is 1.54. The molecule has 1 fully saturated rings. The Morgan fingerprint density at radius 1 is 1.20 bits per heavy atom. The summed E-state index contributed by atoms with van der Waals surface area (Å²) in [7, 11) is 0. The summed E-state index contributed by atoms with van der Waals surface area (Å²) in [5.74, 6) is 0.310. The third kappa shape index (κ3) is 3.20. The van der Waals surface area contributed by atoms with Crippen LogP contribution in [0, 0.1) is 0 Å². The maximum Gasteiger partial charge on any atom is 0.115 e. The SMILES string of the molecule is Oc1ccc(CNN2CCOCC2)cc1. The lowest BCUT2D eigenvalue weighted by Crippen LogP contribution is -2.45. The van der Waals surface area contributed by atoms with Gasteiger partial charge in [-0.1, -0.05) is 12.1 Å². The molecule has 0 unspecified atom stereocenters. The van der Waals surface area contributed by atoms with Gasteiger partial charge in [-0.25, -0.2) is 5.01 Å². The van der Waals surface area contributed by atoms with E-state index in [0.29, 0.717) is 5.75 Å². The van der Waals surface area contributed by atoms with Crippen LogP contribution in [-0.4, -0.2) is 36.4 Å². The molecule has 0 radical (unpaired) electrons. The highest BCUT2D eigenvalue weighted by atomic mass is 16.5. The molecule has 0 aromatic heterocycles. The lowest BCUT2D eigenvalue weighted by Gasteiger charge is -2.27. The summed E-state index contributed by atoms with van der Waals surface area (Å²) in [6.45, 7) is 4.24. The Balaban J connectivity index is 1.79. The number of phenolic OH excluding ortho intramolecular Hbond substituents is 1. The molecular formula is C11H16N2O2. The van der Waals surface area contributed by atoms with Crippen LogP contribution in [0.3, 0.4) is 0 Å². The predicted octanol–water partition coefficient (Wildman–Crippen LogP) is 0.729. The second-order valence-corrected chi connectivity index (χ2v) is 3.60. The maximum absolute atomic E-state index is 9.13. The largest absolute Gasteiger partial charge is 0.508 e. The minimum Gasteiger partial charge on any atom is -0.508 e. The summed E-state index contributed by atoms with van der Waals surface area (Å²) in [5.41, 5.74) is 4.50. The van der Waals surface area contributed by atoms with E-state index >= 15 is 0 Å². The van der Waals surface area contributed by atoms with Crippen molar-refractivity contribution in [2.45, 2.75) is 6.54 Å². The van der Waals surface area contributed by atoms with Crippen LogP contribution in [0.25, 0.3) is 0 Å². The number of nitrogens with zero attached hydrogens (tertiary/aromatic N) is 1. The Morgan fingerprint density at radius 3 is 2.53 bits per heavy atom. The molecule has 1 heterocycles. The van der Waals surface area contributed by atoms with E-state index in [-0.39, 0.29) is 0 Å². The number of benzene rings is 1. The van der Waals surface area contributed by atoms with Crippen molar-refractivity contribution in [1.29, 1.82) is 0 Å². The molecule has 1 aliphatic rings. The van der Waals surface area contributed by atoms with Crippen molar-refractivity contribution >= 4 is 0 Å². The van der Waals surface area contributed by atoms with E-state index in [4.69, 9.17) is 9.84 Å². The molecule has 0 spiro atoms. The van der Waals surface area contributed by atoms with Gasteiger partial charge in [-0.05, 0) is 17.7 Å². The average Bonchev–Trinajstić information content (AvgIpc) is 2.30. The fourth-order valence-corrected chi connectivity index (χ4v) is 1.54. The molecule has 1 aliphatic heterocycles. The van der Waals surface area contributed by atoms with E-state index in [1.807, 2.05) is 12.1 Å². The highest BCUT2D eigenvalue weighted by Crippen LogP contribution is 2.09. The topological polar surface area (TPSA) is 44.7 Å². The van der Waals surface area contributed by atoms with Crippen LogP contribution < -0.4 is 5.43 Å². The van der Waals surface area contributed by atoms with Gasteiger partial charge in [-0.2, -0.15) is 0 Å². The van der Waals surface area contributed by atoms with Gasteiger partial charge in [-0.15, -0.1) is 0 Å². The maximum atomic E-state index is 9.13. The van der Waals surface area contributed by atoms with Crippen molar-refractivity contribution in [3.63, 3.8) is 0 Å². The molecule has 15 heavy (non-hydrogen) atoms. The molecule has 0 aliphatic carbocycles. The van der Waals surface area contributed by atoms with Crippen LogP contribution in [0.5, 0.6) is 5.75 Å². The number of rotatable bonds is 3. The molecule has 82 valence electrons. The van der Waals surface area contributed by atoms with E-state index < -0.39 is 0 Å². The first-order chi connectivity index (χ1) is 7.34. The molecule has 0 atom stereocenters. The Labute approximate surface area is 89.4 Å². The number of morpholine rings is 1. The summed E-state index contributed by atoms with van der Waals surface area (Å²) >= 11 is 0. The monoisotopic (exact) mass is 208 g/mol. The quantitative estimate of drug-likeness (QED) is 0.768. The Kier molecular flexibility index (Phi) is 3.55. The van der Waals surface area contributed by atoms with Crippen LogP contribution in [0.15, 0.2) is 24.3 Å². The van der Waals surface area contributed by atoms with Crippen LogP contribution in [0.2, 0.25) is 0 Å². The first-order valence-electron chi connectivity index (χ1n) is 5.19. The van der Waals surface area contributed by atoms with Crippen LogP contribution in [0.4, 0.5) is 0 Å². The molecule has 4 heteroatoms. The zero-order valence-corrected chi connectivity index (χ0v) is 8.65. The zero-order chi connectivity index (χ0) is 10.5. The molecule has 1 saturated heterocycles. The number of ether oxygens (including phenoxy) is 1. The van der Waals surface area contributed by atoms with Gasteiger partial charge in [0.15, 0.2) is 0 Å². The Morgan fingerprint density at radius 2 is 1.87 bits per heavy atom. The molecule has 0 amide bonds. The number of hydrazine groups is 1. The molecule has 0 saturated carbocycles. The second-order valence-electron chi connectivity index (χ2n) is 3.60. The van der Waals surface area contributed by atoms with Crippen LogP contribution in [-0.2, 0) is 11.3 Å². The summed E-state index contributed by atoms with van der Waals surface area (Å²) < 4.78 is 5.25. The van der Waals surface area contributed by atoms with Gasteiger partial charge in [-0.3, -0.25) is 5.43 Å². The van der Waals surface area contributed by atoms with E-state index in [2.05, 4.69) is 10.4 Å².